The van der Waals surface area contributed by atoms with Gasteiger partial charge in [-0.15, -0.1) is 31.7 Å². The first-order chi connectivity index (χ1) is 19.4. The van der Waals surface area contributed by atoms with E-state index in [1.807, 2.05) is 63.2 Å². The second-order valence-electron chi connectivity index (χ2n) is 9.87. The monoisotopic (exact) mass is 567 g/mol. The largest absolute Gasteiger partial charge is 0.425 e. The van der Waals surface area contributed by atoms with Crippen LogP contribution in [0.2, 0.25) is 5.02 Å². The Labute approximate surface area is 241 Å². The molecule has 0 aliphatic carbocycles. The van der Waals surface area contributed by atoms with Gasteiger partial charge in [0.25, 0.3) is 0 Å². The van der Waals surface area contributed by atoms with E-state index in [1.165, 1.54) is 0 Å². The van der Waals surface area contributed by atoms with E-state index in [4.69, 9.17) is 21.0 Å². The topological polar surface area (TPSA) is 94.9 Å². The van der Waals surface area contributed by atoms with E-state index < -0.39 is 0 Å². The Morgan fingerprint density at radius 2 is 1.85 bits per heavy atom. The molecule has 0 N–H and O–H groups in total. The third-order valence-electron chi connectivity index (χ3n) is 6.70. The summed E-state index contributed by atoms with van der Waals surface area (Å²) in [5.41, 5.74) is 4.63. The Balaban J connectivity index is 1.48. The Morgan fingerprint density at radius 1 is 1.02 bits per heavy atom. The summed E-state index contributed by atoms with van der Waals surface area (Å²) in [6.45, 7) is 8.12. The molecule has 0 saturated carbocycles. The minimum atomic E-state index is -0.275. The fourth-order valence-corrected chi connectivity index (χ4v) is 5.96. The van der Waals surface area contributed by atoms with Gasteiger partial charge < -0.3 is 4.42 Å². The first kappa shape index (κ1) is 26.1. The Morgan fingerprint density at radius 3 is 2.58 bits per heavy atom. The van der Waals surface area contributed by atoms with Crippen molar-refractivity contribution in [2.24, 2.45) is 4.99 Å². The molecule has 0 fully saturated rings. The third kappa shape index (κ3) is 4.96. The smallest absolute Gasteiger partial charge is 0.219 e. The number of benzene rings is 1. The molecule has 0 spiro atoms. The zero-order valence-corrected chi connectivity index (χ0v) is 24.1. The molecule has 40 heavy (non-hydrogen) atoms. The van der Waals surface area contributed by atoms with Crippen molar-refractivity contribution in [2.45, 2.75) is 52.5 Å². The number of pyridine rings is 1. The molecule has 0 saturated heterocycles. The second-order valence-corrected chi connectivity index (χ2v) is 11.3. The lowest BCUT2D eigenvalue weighted by atomic mass is 9.99. The van der Waals surface area contributed by atoms with Gasteiger partial charge in [-0.05, 0) is 61.9 Å². The molecule has 0 radical (unpaired) electrons. The van der Waals surface area contributed by atoms with Gasteiger partial charge in [-0.25, -0.2) is 4.98 Å². The minimum absolute atomic E-state index is 0.174. The van der Waals surface area contributed by atoms with Crippen LogP contribution in [-0.4, -0.2) is 35.7 Å². The van der Waals surface area contributed by atoms with Crippen LogP contribution in [-0.2, 0) is 6.42 Å². The SMILES string of the molecule is Cc1c(C#Cc2ccccn2)sc2c1C(c1ccc(Cl)cc1)=N[C@@H](CCc1nnc(C(C)C)o1)c1nnc(C)n1-2. The molecule has 1 aliphatic rings. The molecule has 8 nitrogen and oxygen atoms in total. The highest BCUT2D eigenvalue weighted by atomic mass is 35.5. The van der Waals surface area contributed by atoms with Crippen LogP contribution in [0.3, 0.4) is 0 Å². The van der Waals surface area contributed by atoms with Crippen molar-refractivity contribution >= 4 is 28.6 Å². The maximum atomic E-state index is 6.26. The van der Waals surface area contributed by atoms with E-state index in [9.17, 15) is 0 Å². The van der Waals surface area contributed by atoms with E-state index in [0.29, 0.717) is 29.6 Å². The summed E-state index contributed by atoms with van der Waals surface area (Å²) in [7, 11) is 0. The first-order valence-electron chi connectivity index (χ1n) is 13.0. The molecule has 0 bridgehead atoms. The number of hydrogen-bond donors (Lipinski definition) is 0. The van der Waals surface area contributed by atoms with E-state index in [1.54, 1.807) is 17.5 Å². The number of fused-ring (bicyclic) bond motifs is 3. The standard InChI is InChI=1S/C30H26ClN7OS/c1-17(2)29-37-35-25(39-29)15-13-23-28-36-34-19(4)38(28)30-26(27(33-23)20-8-10-21(31)11-9-20)18(3)24(40-30)14-12-22-7-5-6-16-32-22/h5-11,16-17,23H,13,15H2,1-4H3/t23-/m0/s1. The minimum Gasteiger partial charge on any atom is -0.425 e. The first-order valence-corrected chi connectivity index (χ1v) is 14.2. The molecule has 1 atom stereocenters. The summed E-state index contributed by atoms with van der Waals surface area (Å²) in [4.78, 5) is 10.6. The van der Waals surface area contributed by atoms with Gasteiger partial charge >= 0.3 is 0 Å². The van der Waals surface area contributed by atoms with Gasteiger partial charge in [-0.3, -0.25) is 9.56 Å². The molecular formula is C30H26ClN7OS. The van der Waals surface area contributed by atoms with Crippen LogP contribution in [0.1, 0.15) is 82.9 Å². The summed E-state index contributed by atoms with van der Waals surface area (Å²) in [5.74, 6) is 9.53. The highest BCUT2D eigenvalue weighted by Gasteiger charge is 2.32. The summed E-state index contributed by atoms with van der Waals surface area (Å²) in [5, 5.41) is 19.2. The maximum absolute atomic E-state index is 6.26. The molecule has 5 aromatic rings. The number of aliphatic imine (C=N–C) groups is 1. The van der Waals surface area contributed by atoms with Crippen LogP contribution in [0.4, 0.5) is 0 Å². The van der Waals surface area contributed by atoms with Gasteiger partial charge in [-0.2, -0.15) is 0 Å². The van der Waals surface area contributed by atoms with Crippen LogP contribution in [0.5, 0.6) is 0 Å². The lowest BCUT2D eigenvalue weighted by Gasteiger charge is -2.12. The van der Waals surface area contributed by atoms with Gasteiger partial charge in [-0.1, -0.05) is 43.6 Å². The molecule has 5 heterocycles. The Kier molecular flexibility index (Phi) is 7.05. The number of thiophene rings is 1. The molecule has 200 valence electrons. The van der Waals surface area contributed by atoms with Crippen molar-refractivity contribution in [1.29, 1.82) is 0 Å². The van der Waals surface area contributed by atoms with E-state index in [0.717, 1.165) is 49.6 Å². The molecule has 0 unspecified atom stereocenters. The van der Waals surface area contributed by atoms with Gasteiger partial charge in [0.15, 0.2) is 5.82 Å². The lowest BCUT2D eigenvalue weighted by Crippen LogP contribution is -2.08. The molecule has 4 aromatic heterocycles. The van der Waals surface area contributed by atoms with Crippen molar-refractivity contribution in [3.63, 3.8) is 0 Å². The van der Waals surface area contributed by atoms with Gasteiger partial charge in [0.05, 0.1) is 10.6 Å². The predicted octanol–water partition coefficient (Wildman–Crippen LogP) is 6.43. The summed E-state index contributed by atoms with van der Waals surface area (Å²) in [6.07, 6.45) is 2.95. The van der Waals surface area contributed by atoms with Crippen molar-refractivity contribution in [3.05, 3.63) is 104 Å². The van der Waals surface area contributed by atoms with Crippen molar-refractivity contribution in [1.82, 2.24) is 29.9 Å². The lowest BCUT2D eigenvalue weighted by molar-refractivity contribution is 0.420. The second kappa shape index (κ2) is 10.8. The number of hydrogen-bond acceptors (Lipinski definition) is 8. The predicted molar refractivity (Wildman–Crippen MR) is 155 cm³/mol. The molecule has 1 aromatic carbocycles. The van der Waals surface area contributed by atoms with Crippen molar-refractivity contribution in [3.8, 4) is 16.8 Å². The van der Waals surface area contributed by atoms with Crippen molar-refractivity contribution in [2.75, 3.05) is 0 Å². The summed E-state index contributed by atoms with van der Waals surface area (Å²) >= 11 is 7.87. The van der Waals surface area contributed by atoms with Gasteiger partial charge in [0.2, 0.25) is 11.8 Å². The van der Waals surface area contributed by atoms with Crippen LogP contribution in [0.15, 0.2) is 58.1 Å². The number of aromatic nitrogens is 6. The summed E-state index contributed by atoms with van der Waals surface area (Å²) in [6, 6.07) is 13.2. The highest BCUT2D eigenvalue weighted by Crippen LogP contribution is 2.40. The van der Waals surface area contributed by atoms with E-state index in [-0.39, 0.29) is 12.0 Å². The van der Waals surface area contributed by atoms with Gasteiger partial charge in [0, 0.05) is 34.7 Å². The average Bonchev–Trinajstić information content (AvgIpc) is 3.64. The quantitative estimate of drug-likeness (QED) is 0.227. The zero-order chi connectivity index (χ0) is 27.8. The van der Waals surface area contributed by atoms with E-state index >= 15 is 0 Å². The molecule has 6 rings (SSSR count). The number of aryl methyl sites for hydroxylation is 2. The van der Waals surface area contributed by atoms with Crippen LogP contribution >= 0.6 is 22.9 Å². The van der Waals surface area contributed by atoms with Crippen LogP contribution in [0, 0.1) is 25.7 Å². The van der Waals surface area contributed by atoms with Crippen LogP contribution in [0.25, 0.3) is 5.00 Å². The maximum Gasteiger partial charge on any atom is 0.219 e. The molecule has 10 heteroatoms. The molecule has 0 amide bonds. The average molecular weight is 568 g/mol. The van der Waals surface area contributed by atoms with Crippen molar-refractivity contribution < 1.29 is 4.42 Å². The number of rotatable bonds is 5. The summed E-state index contributed by atoms with van der Waals surface area (Å²) < 4.78 is 8.00. The third-order valence-corrected chi connectivity index (χ3v) is 8.14. The Hall–Kier alpha value is -4.13. The zero-order valence-electron chi connectivity index (χ0n) is 22.5. The molecular weight excluding hydrogens is 542 g/mol. The molecule has 1 aliphatic heterocycles. The fraction of sp³-hybridized carbons (Fsp3) is 0.267. The normalized spacial score (nSPS) is 14.2. The van der Waals surface area contributed by atoms with Gasteiger partial charge in [0.1, 0.15) is 22.6 Å². The van der Waals surface area contributed by atoms with E-state index in [2.05, 4.69) is 48.7 Å². The number of nitrogens with zero attached hydrogens (tertiary/aromatic N) is 7. The fourth-order valence-electron chi connectivity index (χ4n) is 4.62. The number of halogens is 1. The highest BCUT2D eigenvalue weighted by molar-refractivity contribution is 7.15. The van der Waals surface area contributed by atoms with Crippen LogP contribution < -0.4 is 0 Å². The Bertz CT molecular complexity index is 1770.